The molecule has 6 nitrogen and oxygen atoms in total. The van der Waals surface area contributed by atoms with Crippen molar-refractivity contribution in [1.82, 2.24) is 4.57 Å². The summed E-state index contributed by atoms with van der Waals surface area (Å²) in [4.78, 5) is 25.4. The molecule has 1 heterocycles. The van der Waals surface area contributed by atoms with E-state index in [0.717, 1.165) is 42.6 Å². The second-order valence-electron chi connectivity index (χ2n) is 9.17. The zero-order chi connectivity index (χ0) is 24.1. The van der Waals surface area contributed by atoms with E-state index < -0.39 is 5.41 Å². The largest absolute Gasteiger partial charge is 1.00 e. The van der Waals surface area contributed by atoms with Crippen molar-refractivity contribution in [1.29, 1.82) is 0 Å². The molecule has 7 heteroatoms. The Morgan fingerprint density at radius 1 is 1.06 bits per heavy atom. The smallest absolute Gasteiger partial charge is 0.348 e. The van der Waals surface area contributed by atoms with Gasteiger partial charge in [0.15, 0.2) is 6.54 Å². The van der Waals surface area contributed by atoms with Crippen LogP contribution in [0.3, 0.4) is 0 Å². The number of hydrogen-bond acceptors (Lipinski definition) is 3. The fourth-order valence-electron chi connectivity index (χ4n) is 5.60. The first-order valence-electron chi connectivity index (χ1n) is 12.1. The van der Waals surface area contributed by atoms with Crippen LogP contribution in [0, 0.1) is 12.8 Å². The minimum absolute atomic E-state index is 0. The Morgan fingerprint density at radius 2 is 1.66 bits per heavy atom. The van der Waals surface area contributed by atoms with E-state index in [1.807, 2.05) is 91.5 Å². The van der Waals surface area contributed by atoms with E-state index in [1.165, 1.54) is 0 Å². The van der Waals surface area contributed by atoms with Gasteiger partial charge in [-0.15, -0.1) is 0 Å². The number of carbonyl (C=O) groups is 2. The van der Waals surface area contributed by atoms with Crippen LogP contribution in [-0.4, -0.2) is 23.1 Å². The van der Waals surface area contributed by atoms with Gasteiger partial charge >= 0.3 is 5.97 Å². The van der Waals surface area contributed by atoms with Crippen LogP contribution in [0.15, 0.2) is 73.1 Å². The topological polar surface area (TPSA) is 78.2 Å². The Hall–Kier alpha value is -2.93. The third-order valence-electron chi connectivity index (χ3n) is 7.22. The number of nitrogens with two attached hydrogens (primary N) is 1. The third-order valence-corrected chi connectivity index (χ3v) is 7.22. The average molecular weight is 541 g/mol. The monoisotopic (exact) mass is 539 g/mol. The highest BCUT2D eigenvalue weighted by atomic mass is 79.9. The Morgan fingerprint density at radius 3 is 2.20 bits per heavy atom. The highest BCUT2D eigenvalue weighted by Gasteiger charge is 2.51. The van der Waals surface area contributed by atoms with E-state index >= 15 is 0 Å². The van der Waals surface area contributed by atoms with Crippen LogP contribution in [-0.2, 0) is 26.3 Å². The number of imidazole rings is 1. The van der Waals surface area contributed by atoms with Crippen molar-refractivity contribution in [3.05, 3.63) is 90.0 Å². The van der Waals surface area contributed by atoms with Crippen LogP contribution in [0.2, 0.25) is 0 Å². The molecular formula is C28H34BrN3O3. The SMILES string of the molecule is CCCOC(=O)C[n+]1ccn(C2CCC(C(C(N)=O)(c3ccccc3)c3ccccc3)C2)c1C.[Br-]. The van der Waals surface area contributed by atoms with Gasteiger partial charge in [-0.3, -0.25) is 4.79 Å². The maximum absolute atomic E-state index is 13.3. The van der Waals surface area contributed by atoms with Gasteiger partial charge in [0, 0.05) is 6.92 Å². The van der Waals surface area contributed by atoms with E-state index in [-0.39, 0.29) is 47.4 Å². The van der Waals surface area contributed by atoms with Gasteiger partial charge in [-0.1, -0.05) is 67.6 Å². The first kappa shape index (κ1) is 26.7. The van der Waals surface area contributed by atoms with Gasteiger partial charge < -0.3 is 27.5 Å². The molecule has 2 unspecified atom stereocenters. The van der Waals surface area contributed by atoms with Crippen molar-refractivity contribution in [2.45, 2.75) is 57.5 Å². The molecule has 1 fully saturated rings. The normalized spacial score (nSPS) is 17.5. The number of benzene rings is 2. The van der Waals surface area contributed by atoms with Crippen molar-refractivity contribution in [3.63, 3.8) is 0 Å². The minimum atomic E-state index is -0.891. The number of carbonyl (C=O) groups excluding carboxylic acids is 2. The second kappa shape index (κ2) is 11.7. The predicted octanol–water partition coefficient (Wildman–Crippen LogP) is 0.854. The first-order chi connectivity index (χ1) is 16.5. The molecule has 0 bridgehead atoms. The number of rotatable bonds is 9. The molecule has 0 radical (unpaired) electrons. The van der Waals surface area contributed by atoms with Crippen LogP contribution >= 0.6 is 0 Å². The van der Waals surface area contributed by atoms with Crippen LogP contribution in [0.1, 0.15) is 55.6 Å². The Bertz CT molecular complexity index is 1090. The van der Waals surface area contributed by atoms with Gasteiger partial charge in [0.2, 0.25) is 5.91 Å². The summed E-state index contributed by atoms with van der Waals surface area (Å²) in [7, 11) is 0. The predicted molar refractivity (Wildman–Crippen MR) is 130 cm³/mol. The molecular weight excluding hydrogens is 506 g/mol. The van der Waals surface area contributed by atoms with Crippen molar-refractivity contribution in [2.24, 2.45) is 11.7 Å². The zero-order valence-electron chi connectivity index (χ0n) is 20.4. The highest BCUT2D eigenvalue weighted by molar-refractivity contribution is 5.91. The molecule has 0 aliphatic heterocycles. The van der Waals surface area contributed by atoms with Crippen LogP contribution in [0.5, 0.6) is 0 Å². The first-order valence-corrected chi connectivity index (χ1v) is 12.1. The minimum Gasteiger partial charge on any atom is -1.00 e. The Labute approximate surface area is 217 Å². The van der Waals surface area contributed by atoms with Crippen molar-refractivity contribution < 1.29 is 35.9 Å². The summed E-state index contributed by atoms with van der Waals surface area (Å²) in [5.74, 6) is 0.527. The van der Waals surface area contributed by atoms with Crippen LogP contribution < -0.4 is 27.3 Å². The standard InChI is InChI=1S/C28H33N3O3.BrH/c1-3-18-34-26(32)20-30-16-17-31(21(30)2)25-15-14-24(19-25)28(27(29)33,22-10-6-4-7-11-22)23-12-8-5-9-13-23;/h4-13,16-17,24-25H,3,14-15,18-20H2,1-2H3,(H-,29,33);1H. The van der Waals surface area contributed by atoms with E-state index in [1.54, 1.807) is 0 Å². The maximum atomic E-state index is 13.3. The van der Waals surface area contributed by atoms with E-state index in [2.05, 4.69) is 4.57 Å². The number of ether oxygens (including phenoxy) is 1. The summed E-state index contributed by atoms with van der Waals surface area (Å²) < 4.78 is 9.41. The number of primary amides is 1. The van der Waals surface area contributed by atoms with Crippen LogP contribution in [0.4, 0.5) is 0 Å². The van der Waals surface area contributed by atoms with Gasteiger partial charge in [-0.25, -0.2) is 13.9 Å². The summed E-state index contributed by atoms with van der Waals surface area (Å²) in [5.41, 5.74) is 7.22. The molecule has 0 spiro atoms. The van der Waals surface area contributed by atoms with Gasteiger partial charge in [0.05, 0.1) is 6.61 Å². The lowest BCUT2D eigenvalue weighted by atomic mass is 9.64. The van der Waals surface area contributed by atoms with Gasteiger partial charge in [0.1, 0.15) is 23.9 Å². The molecule has 2 aromatic carbocycles. The van der Waals surface area contributed by atoms with E-state index in [0.29, 0.717) is 6.61 Å². The summed E-state index contributed by atoms with van der Waals surface area (Å²) in [6.07, 6.45) is 7.42. The second-order valence-corrected chi connectivity index (χ2v) is 9.17. The number of halogens is 1. The number of hydrogen-bond donors (Lipinski definition) is 1. The molecule has 2 N–H and O–H groups in total. The summed E-state index contributed by atoms with van der Waals surface area (Å²) in [5, 5.41) is 0. The Balaban J connectivity index is 0.00000342. The molecule has 1 aromatic heterocycles. The van der Waals surface area contributed by atoms with E-state index in [4.69, 9.17) is 10.5 Å². The fourth-order valence-corrected chi connectivity index (χ4v) is 5.60. The molecule has 1 aliphatic rings. The lowest BCUT2D eigenvalue weighted by Crippen LogP contribution is -3.00. The van der Waals surface area contributed by atoms with Crippen molar-refractivity contribution >= 4 is 11.9 Å². The van der Waals surface area contributed by atoms with Crippen LogP contribution in [0.25, 0.3) is 0 Å². The molecule has 2 atom stereocenters. The molecule has 1 aliphatic carbocycles. The zero-order valence-corrected chi connectivity index (χ0v) is 22.0. The number of esters is 1. The van der Waals surface area contributed by atoms with Gasteiger partial charge in [0.25, 0.3) is 5.82 Å². The maximum Gasteiger partial charge on any atom is 0.348 e. The Kier molecular flexibility index (Phi) is 8.89. The lowest BCUT2D eigenvalue weighted by molar-refractivity contribution is -0.691. The molecule has 0 saturated heterocycles. The molecule has 186 valence electrons. The summed E-state index contributed by atoms with van der Waals surface area (Å²) in [6.45, 7) is 4.65. The number of amides is 1. The summed E-state index contributed by atoms with van der Waals surface area (Å²) in [6, 6.07) is 20.1. The number of nitrogens with zero attached hydrogens (tertiary/aromatic N) is 2. The van der Waals surface area contributed by atoms with Gasteiger partial charge in [-0.05, 0) is 42.7 Å². The lowest BCUT2D eigenvalue weighted by Gasteiger charge is -2.37. The summed E-state index contributed by atoms with van der Waals surface area (Å²) >= 11 is 0. The number of aromatic nitrogens is 2. The molecule has 35 heavy (non-hydrogen) atoms. The quantitative estimate of drug-likeness (QED) is 0.323. The molecule has 1 amide bonds. The van der Waals surface area contributed by atoms with Crippen molar-refractivity contribution in [2.75, 3.05) is 6.61 Å². The van der Waals surface area contributed by atoms with E-state index in [9.17, 15) is 9.59 Å². The molecule has 1 saturated carbocycles. The van der Waals surface area contributed by atoms with Gasteiger partial charge in [-0.2, -0.15) is 0 Å². The fraction of sp³-hybridized carbons (Fsp3) is 0.393. The molecule has 3 aromatic rings. The van der Waals surface area contributed by atoms with Crippen molar-refractivity contribution in [3.8, 4) is 0 Å². The molecule has 4 rings (SSSR count). The average Bonchev–Trinajstić information content (AvgIpc) is 3.47. The highest BCUT2D eigenvalue weighted by Crippen LogP contribution is 2.49. The third kappa shape index (κ3) is 5.20.